The molecule has 3 aromatic rings. The molecule has 1 amide bonds. The maximum absolute atomic E-state index is 12.7. The van der Waals surface area contributed by atoms with Gasteiger partial charge >= 0.3 is 0 Å². The number of rotatable bonds is 6. The molecule has 0 fully saturated rings. The summed E-state index contributed by atoms with van der Waals surface area (Å²) in [6.07, 6.45) is -0.244. The quantitative estimate of drug-likeness (QED) is 0.652. The molecule has 1 unspecified atom stereocenters. The molecule has 0 saturated heterocycles. The highest BCUT2D eigenvalue weighted by molar-refractivity contribution is 6.01. The minimum Gasteiger partial charge on any atom is -0.490 e. The third-order valence-corrected chi connectivity index (χ3v) is 4.70. The van der Waals surface area contributed by atoms with E-state index in [1.807, 2.05) is 78.9 Å². The SMILES string of the molecule is CN1C(=O)c2ccccc2NC1c1cccc(OCCOc2ccccc2)c1. The van der Waals surface area contributed by atoms with E-state index in [0.717, 1.165) is 22.7 Å². The molecule has 1 heterocycles. The molecule has 0 radical (unpaired) electrons. The molecule has 1 aliphatic heterocycles. The van der Waals surface area contributed by atoms with Crippen molar-refractivity contribution in [2.75, 3.05) is 25.6 Å². The van der Waals surface area contributed by atoms with Crippen molar-refractivity contribution in [1.82, 2.24) is 4.90 Å². The zero-order chi connectivity index (χ0) is 19.3. The van der Waals surface area contributed by atoms with Gasteiger partial charge in [-0.05, 0) is 42.0 Å². The average Bonchev–Trinajstić information content (AvgIpc) is 2.75. The lowest BCUT2D eigenvalue weighted by atomic mass is 10.0. The summed E-state index contributed by atoms with van der Waals surface area (Å²) in [5, 5.41) is 3.43. The van der Waals surface area contributed by atoms with Crippen molar-refractivity contribution in [3.8, 4) is 11.5 Å². The van der Waals surface area contributed by atoms with Gasteiger partial charge in [-0.25, -0.2) is 0 Å². The van der Waals surface area contributed by atoms with Crippen molar-refractivity contribution >= 4 is 11.6 Å². The second-order valence-electron chi connectivity index (χ2n) is 6.59. The molecule has 1 aliphatic rings. The second kappa shape index (κ2) is 8.05. The molecule has 142 valence electrons. The standard InChI is InChI=1S/C23H22N2O3/c1-25-22(24-21-13-6-5-12-20(21)23(25)26)17-8-7-11-19(16-17)28-15-14-27-18-9-3-2-4-10-18/h2-13,16,22,24H,14-15H2,1H3. The van der Waals surface area contributed by atoms with Crippen LogP contribution in [0.15, 0.2) is 78.9 Å². The number of hydrogen-bond acceptors (Lipinski definition) is 4. The Balaban J connectivity index is 1.41. The number of fused-ring (bicyclic) bond motifs is 1. The molecule has 0 aromatic heterocycles. The molecule has 5 heteroatoms. The summed E-state index contributed by atoms with van der Waals surface area (Å²) in [4.78, 5) is 14.4. The fourth-order valence-corrected chi connectivity index (χ4v) is 3.26. The lowest BCUT2D eigenvalue weighted by molar-refractivity contribution is 0.0735. The van der Waals surface area contributed by atoms with Gasteiger partial charge in [0.1, 0.15) is 30.9 Å². The fraction of sp³-hybridized carbons (Fsp3) is 0.174. The van der Waals surface area contributed by atoms with Crippen LogP contribution >= 0.6 is 0 Å². The number of ether oxygens (including phenoxy) is 2. The number of anilines is 1. The Kier molecular flexibility index (Phi) is 5.15. The minimum absolute atomic E-state index is 0.00179. The van der Waals surface area contributed by atoms with Gasteiger partial charge in [0, 0.05) is 12.7 Å². The van der Waals surface area contributed by atoms with Crippen LogP contribution in [0, 0.1) is 0 Å². The highest BCUT2D eigenvalue weighted by Gasteiger charge is 2.30. The maximum atomic E-state index is 12.7. The van der Waals surface area contributed by atoms with E-state index >= 15 is 0 Å². The average molecular weight is 374 g/mol. The van der Waals surface area contributed by atoms with Crippen LogP contribution in [0.25, 0.3) is 0 Å². The van der Waals surface area contributed by atoms with Crippen LogP contribution in [0.1, 0.15) is 22.1 Å². The fourth-order valence-electron chi connectivity index (χ4n) is 3.26. The molecule has 28 heavy (non-hydrogen) atoms. The summed E-state index contributed by atoms with van der Waals surface area (Å²) in [5.41, 5.74) is 2.50. The Labute approximate surface area is 164 Å². The van der Waals surface area contributed by atoms with Crippen molar-refractivity contribution in [2.45, 2.75) is 6.17 Å². The molecular weight excluding hydrogens is 352 g/mol. The summed E-state index contributed by atoms with van der Waals surface area (Å²) in [5.74, 6) is 1.57. The van der Waals surface area contributed by atoms with Gasteiger partial charge < -0.3 is 19.7 Å². The molecule has 0 bridgehead atoms. The molecule has 1 N–H and O–H groups in total. The van der Waals surface area contributed by atoms with Crippen molar-refractivity contribution in [3.63, 3.8) is 0 Å². The zero-order valence-corrected chi connectivity index (χ0v) is 15.7. The molecule has 0 aliphatic carbocycles. The number of para-hydroxylation sites is 2. The van der Waals surface area contributed by atoms with Crippen molar-refractivity contribution in [2.24, 2.45) is 0 Å². The number of benzene rings is 3. The van der Waals surface area contributed by atoms with Crippen LogP contribution in [-0.2, 0) is 0 Å². The van der Waals surface area contributed by atoms with Crippen molar-refractivity contribution in [1.29, 1.82) is 0 Å². The Morgan fingerprint density at radius 3 is 2.36 bits per heavy atom. The van der Waals surface area contributed by atoms with Gasteiger partial charge in [-0.15, -0.1) is 0 Å². The van der Waals surface area contributed by atoms with Crippen molar-refractivity contribution < 1.29 is 14.3 Å². The van der Waals surface area contributed by atoms with E-state index in [4.69, 9.17) is 9.47 Å². The van der Waals surface area contributed by atoms with E-state index in [1.165, 1.54) is 0 Å². The molecule has 0 spiro atoms. The van der Waals surface area contributed by atoms with E-state index in [0.29, 0.717) is 18.8 Å². The summed E-state index contributed by atoms with van der Waals surface area (Å²) < 4.78 is 11.5. The normalized spacial score (nSPS) is 15.5. The van der Waals surface area contributed by atoms with Gasteiger partial charge in [-0.1, -0.05) is 42.5 Å². The maximum Gasteiger partial charge on any atom is 0.257 e. The predicted molar refractivity (Wildman–Crippen MR) is 109 cm³/mol. The smallest absolute Gasteiger partial charge is 0.257 e. The highest BCUT2D eigenvalue weighted by Crippen LogP contribution is 2.32. The highest BCUT2D eigenvalue weighted by atomic mass is 16.5. The van der Waals surface area contributed by atoms with Gasteiger partial charge in [0.2, 0.25) is 0 Å². The Bertz CT molecular complexity index is 959. The summed E-state index contributed by atoms with van der Waals surface area (Å²) in [7, 11) is 1.80. The van der Waals surface area contributed by atoms with Crippen LogP contribution in [-0.4, -0.2) is 31.1 Å². The van der Waals surface area contributed by atoms with Crippen LogP contribution < -0.4 is 14.8 Å². The molecule has 3 aromatic carbocycles. The van der Waals surface area contributed by atoms with Gasteiger partial charge in [0.25, 0.3) is 5.91 Å². The molecular formula is C23H22N2O3. The summed E-state index contributed by atoms with van der Waals surface area (Å²) in [6, 6.07) is 25.0. The number of carbonyl (C=O) groups excluding carboxylic acids is 1. The number of carbonyl (C=O) groups is 1. The van der Waals surface area contributed by atoms with E-state index in [2.05, 4.69) is 5.32 Å². The first-order chi connectivity index (χ1) is 13.7. The van der Waals surface area contributed by atoms with E-state index in [-0.39, 0.29) is 12.1 Å². The predicted octanol–water partition coefficient (Wildman–Crippen LogP) is 4.34. The largest absolute Gasteiger partial charge is 0.490 e. The minimum atomic E-state index is -0.244. The Morgan fingerprint density at radius 1 is 0.857 bits per heavy atom. The Hall–Kier alpha value is -3.47. The summed E-state index contributed by atoms with van der Waals surface area (Å²) >= 11 is 0. The van der Waals surface area contributed by atoms with Crippen LogP contribution in [0.5, 0.6) is 11.5 Å². The summed E-state index contributed by atoms with van der Waals surface area (Å²) in [6.45, 7) is 0.899. The topological polar surface area (TPSA) is 50.8 Å². The number of nitrogens with zero attached hydrogens (tertiary/aromatic N) is 1. The van der Waals surface area contributed by atoms with Gasteiger partial charge in [-0.3, -0.25) is 4.79 Å². The molecule has 5 nitrogen and oxygen atoms in total. The third-order valence-electron chi connectivity index (χ3n) is 4.70. The van der Waals surface area contributed by atoms with Crippen LogP contribution in [0.4, 0.5) is 5.69 Å². The lowest BCUT2D eigenvalue weighted by Gasteiger charge is -2.35. The monoisotopic (exact) mass is 374 g/mol. The Morgan fingerprint density at radius 2 is 1.54 bits per heavy atom. The number of nitrogens with one attached hydrogen (secondary N) is 1. The van der Waals surface area contributed by atoms with Gasteiger partial charge in [-0.2, -0.15) is 0 Å². The van der Waals surface area contributed by atoms with Gasteiger partial charge in [0.15, 0.2) is 0 Å². The first kappa shape index (κ1) is 17.9. The lowest BCUT2D eigenvalue weighted by Crippen LogP contribution is -2.40. The van der Waals surface area contributed by atoms with Gasteiger partial charge in [0.05, 0.1) is 5.56 Å². The molecule has 4 rings (SSSR count). The van der Waals surface area contributed by atoms with Crippen molar-refractivity contribution in [3.05, 3.63) is 90.0 Å². The van der Waals surface area contributed by atoms with E-state index in [1.54, 1.807) is 11.9 Å². The van der Waals surface area contributed by atoms with Crippen LogP contribution in [0.2, 0.25) is 0 Å². The molecule has 1 atom stereocenters. The zero-order valence-electron chi connectivity index (χ0n) is 15.7. The van der Waals surface area contributed by atoms with Crippen LogP contribution in [0.3, 0.4) is 0 Å². The number of amides is 1. The third kappa shape index (κ3) is 3.78. The second-order valence-corrected chi connectivity index (χ2v) is 6.59. The molecule has 0 saturated carbocycles. The van der Waals surface area contributed by atoms with E-state index < -0.39 is 0 Å². The first-order valence-corrected chi connectivity index (χ1v) is 9.26. The van der Waals surface area contributed by atoms with E-state index in [9.17, 15) is 4.79 Å². The first-order valence-electron chi connectivity index (χ1n) is 9.26. The number of hydrogen-bond donors (Lipinski definition) is 1.